The predicted octanol–water partition coefficient (Wildman–Crippen LogP) is 3.90. The number of hydrogen-bond acceptors (Lipinski definition) is 2. The van der Waals surface area contributed by atoms with Gasteiger partial charge in [-0.05, 0) is 55.8 Å². The first-order valence-corrected chi connectivity index (χ1v) is 9.10. The Hall–Kier alpha value is -0.0800. The van der Waals surface area contributed by atoms with Crippen LogP contribution in [-0.4, -0.2) is 22.4 Å². The predicted molar refractivity (Wildman–Crippen MR) is 81.4 cm³/mol. The van der Waals surface area contributed by atoms with E-state index < -0.39 is 0 Å². The van der Waals surface area contributed by atoms with Gasteiger partial charge < -0.3 is 10.2 Å². The van der Waals surface area contributed by atoms with Crippen LogP contribution >= 0.6 is 0 Å². The van der Waals surface area contributed by atoms with Crippen molar-refractivity contribution in [3.63, 3.8) is 0 Å². The Morgan fingerprint density at radius 1 is 0.550 bits per heavy atom. The van der Waals surface area contributed by atoms with Gasteiger partial charge in [0.25, 0.3) is 0 Å². The SMILES string of the molecule is OC1CCCCC2CC2C1.OC1CCCCCC2CC12. The van der Waals surface area contributed by atoms with E-state index in [2.05, 4.69) is 0 Å². The molecule has 2 nitrogen and oxygen atoms in total. The van der Waals surface area contributed by atoms with Crippen molar-refractivity contribution >= 4 is 0 Å². The van der Waals surface area contributed by atoms with Crippen molar-refractivity contribution in [1.29, 1.82) is 0 Å². The summed E-state index contributed by atoms with van der Waals surface area (Å²) in [5.41, 5.74) is 0. The minimum atomic E-state index is 0.0373. The average Bonchev–Trinajstić information content (AvgIpc) is 3.29. The minimum absolute atomic E-state index is 0.0373. The van der Waals surface area contributed by atoms with E-state index in [4.69, 9.17) is 0 Å². The van der Waals surface area contributed by atoms with Crippen molar-refractivity contribution in [2.24, 2.45) is 23.7 Å². The second-order valence-corrected chi connectivity index (χ2v) is 7.79. The molecule has 4 saturated carbocycles. The summed E-state index contributed by atoms with van der Waals surface area (Å²) >= 11 is 0. The monoisotopic (exact) mass is 280 g/mol. The third kappa shape index (κ3) is 4.21. The Kier molecular flexibility index (Phi) is 5.04. The van der Waals surface area contributed by atoms with Crippen molar-refractivity contribution in [2.45, 2.75) is 89.3 Å². The van der Waals surface area contributed by atoms with Gasteiger partial charge in [0.1, 0.15) is 0 Å². The highest BCUT2D eigenvalue weighted by molar-refractivity contribution is 4.92. The lowest BCUT2D eigenvalue weighted by molar-refractivity contribution is 0.126. The fourth-order valence-corrected chi connectivity index (χ4v) is 4.43. The molecule has 4 fully saturated rings. The van der Waals surface area contributed by atoms with Gasteiger partial charge in [0.15, 0.2) is 0 Å². The molecule has 0 aromatic heterocycles. The van der Waals surface area contributed by atoms with Gasteiger partial charge in [-0.2, -0.15) is 0 Å². The molecular formula is C18H32O2. The van der Waals surface area contributed by atoms with E-state index in [0.29, 0.717) is 5.92 Å². The Balaban J connectivity index is 0.000000121. The van der Waals surface area contributed by atoms with Gasteiger partial charge in [-0.15, -0.1) is 0 Å². The number of aliphatic hydroxyl groups is 2. The number of rotatable bonds is 0. The lowest BCUT2D eigenvalue weighted by Crippen LogP contribution is -2.12. The second-order valence-electron chi connectivity index (χ2n) is 7.79. The minimum Gasteiger partial charge on any atom is -0.393 e. The molecule has 6 atom stereocenters. The van der Waals surface area contributed by atoms with Crippen LogP contribution in [0.4, 0.5) is 0 Å². The molecule has 0 saturated heterocycles. The van der Waals surface area contributed by atoms with Crippen LogP contribution in [-0.2, 0) is 0 Å². The van der Waals surface area contributed by atoms with Crippen molar-refractivity contribution in [3.8, 4) is 0 Å². The number of hydrogen-bond donors (Lipinski definition) is 2. The first kappa shape index (κ1) is 14.8. The van der Waals surface area contributed by atoms with E-state index in [9.17, 15) is 10.2 Å². The Bertz CT molecular complexity index is 304. The maximum Gasteiger partial charge on any atom is 0.0571 e. The van der Waals surface area contributed by atoms with E-state index in [1.807, 2.05) is 0 Å². The van der Waals surface area contributed by atoms with Crippen LogP contribution in [0.15, 0.2) is 0 Å². The average molecular weight is 280 g/mol. The molecule has 0 aromatic rings. The van der Waals surface area contributed by atoms with E-state index in [1.54, 1.807) is 0 Å². The van der Waals surface area contributed by atoms with Gasteiger partial charge in [0.05, 0.1) is 12.2 Å². The fraction of sp³-hybridized carbons (Fsp3) is 1.00. The molecule has 116 valence electrons. The maximum absolute atomic E-state index is 9.52. The second kappa shape index (κ2) is 6.79. The molecule has 6 unspecified atom stereocenters. The molecule has 0 aromatic carbocycles. The Morgan fingerprint density at radius 2 is 1.25 bits per heavy atom. The van der Waals surface area contributed by atoms with E-state index in [-0.39, 0.29) is 12.2 Å². The van der Waals surface area contributed by atoms with Gasteiger partial charge in [0, 0.05) is 0 Å². The first-order chi connectivity index (χ1) is 9.74. The summed E-state index contributed by atoms with van der Waals surface area (Å²) in [4.78, 5) is 0. The molecule has 0 heterocycles. The lowest BCUT2D eigenvalue weighted by atomic mass is 9.99. The molecule has 4 aliphatic rings. The quantitative estimate of drug-likeness (QED) is 0.706. The van der Waals surface area contributed by atoms with Crippen molar-refractivity contribution in [1.82, 2.24) is 0 Å². The molecule has 20 heavy (non-hydrogen) atoms. The molecule has 2 N–H and O–H groups in total. The highest BCUT2D eigenvalue weighted by atomic mass is 16.3. The zero-order chi connectivity index (χ0) is 13.9. The standard InChI is InChI=1S/2C9H16O/c10-9-4-2-1-3-7-5-8(7)6-9;10-9-5-3-1-2-4-7-6-8(7)9/h2*7-10H,1-6H2. The summed E-state index contributed by atoms with van der Waals surface area (Å²) in [6, 6.07) is 0. The molecular weight excluding hydrogens is 248 g/mol. The van der Waals surface area contributed by atoms with E-state index >= 15 is 0 Å². The van der Waals surface area contributed by atoms with E-state index in [1.165, 1.54) is 57.8 Å². The topological polar surface area (TPSA) is 40.5 Å². The third-order valence-electron chi connectivity index (χ3n) is 6.05. The van der Waals surface area contributed by atoms with Crippen molar-refractivity contribution in [2.75, 3.05) is 0 Å². The van der Waals surface area contributed by atoms with Crippen LogP contribution < -0.4 is 0 Å². The number of aliphatic hydroxyl groups excluding tert-OH is 2. The normalized spacial score (nSPS) is 47.1. The van der Waals surface area contributed by atoms with Gasteiger partial charge in [-0.1, -0.05) is 44.9 Å². The molecule has 4 rings (SSSR count). The summed E-state index contributed by atoms with van der Waals surface area (Å²) in [7, 11) is 0. The van der Waals surface area contributed by atoms with Gasteiger partial charge in [-0.25, -0.2) is 0 Å². The molecule has 0 radical (unpaired) electrons. The summed E-state index contributed by atoms with van der Waals surface area (Å²) in [6.45, 7) is 0. The Morgan fingerprint density at radius 3 is 2.15 bits per heavy atom. The zero-order valence-corrected chi connectivity index (χ0v) is 12.8. The number of fused-ring (bicyclic) bond motifs is 2. The van der Waals surface area contributed by atoms with Crippen LogP contribution in [0.3, 0.4) is 0 Å². The molecule has 0 spiro atoms. The summed E-state index contributed by atoms with van der Waals surface area (Å²) in [6.07, 6.45) is 15.5. The zero-order valence-electron chi connectivity index (χ0n) is 12.8. The van der Waals surface area contributed by atoms with Crippen LogP contribution in [0, 0.1) is 23.7 Å². The highest BCUT2D eigenvalue weighted by Crippen LogP contribution is 2.47. The highest BCUT2D eigenvalue weighted by Gasteiger charge is 2.41. The van der Waals surface area contributed by atoms with Crippen LogP contribution in [0.25, 0.3) is 0 Å². The maximum atomic E-state index is 9.52. The van der Waals surface area contributed by atoms with Gasteiger partial charge >= 0.3 is 0 Å². The molecule has 0 bridgehead atoms. The smallest absolute Gasteiger partial charge is 0.0571 e. The van der Waals surface area contributed by atoms with E-state index in [0.717, 1.165) is 37.0 Å². The molecule has 2 heteroatoms. The van der Waals surface area contributed by atoms with Gasteiger partial charge in [0.2, 0.25) is 0 Å². The van der Waals surface area contributed by atoms with Crippen LogP contribution in [0.1, 0.15) is 77.0 Å². The van der Waals surface area contributed by atoms with Crippen LogP contribution in [0.2, 0.25) is 0 Å². The van der Waals surface area contributed by atoms with Gasteiger partial charge in [-0.3, -0.25) is 0 Å². The van der Waals surface area contributed by atoms with Crippen LogP contribution in [0.5, 0.6) is 0 Å². The fourth-order valence-electron chi connectivity index (χ4n) is 4.43. The lowest BCUT2D eigenvalue weighted by Gasteiger charge is -2.12. The molecule has 0 amide bonds. The molecule has 4 aliphatic carbocycles. The van der Waals surface area contributed by atoms with Crippen molar-refractivity contribution in [3.05, 3.63) is 0 Å². The van der Waals surface area contributed by atoms with Crippen molar-refractivity contribution < 1.29 is 10.2 Å². The summed E-state index contributed by atoms with van der Waals surface area (Å²) < 4.78 is 0. The first-order valence-electron chi connectivity index (χ1n) is 9.10. The molecule has 0 aliphatic heterocycles. The summed E-state index contributed by atoms with van der Waals surface area (Å²) in [5, 5.41) is 18.9. The largest absolute Gasteiger partial charge is 0.393 e. The third-order valence-corrected chi connectivity index (χ3v) is 6.05. The summed E-state index contributed by atoms with van der Waals surface area (Å²) in [5.74, 6) is 3.54. The Labute approximate surface area is 124 Å².